The number of aromatic nitrogens is 2. The van der Waals surface area contributed by atoms with Gasteiger partial charge in [0.15, 0.2) is 11.5 Å². The quantitative estimate of drug-likeness (QED) is 0.628. The number of carbonyl (C=O) groups is 1. The van der Waals surface area contributed by atoms with Crippen molar-refractivity contribution in [3.8, 4) is 0 Å². The van der Waals surface area contributed by atoms with Gasteiger partial charge in [-0.05, 0) is 30.9 Å². The van der Waals surface area contributed by atoms with Crippen LogP contribution in [-0.4, -0.2) is 22.4 Å². The summed E-state index contributed by atoms with van der Waals surface area (Å²) in [5, 5.41) is 4.71. The van der Waals surface area contributed by atoms with E-state index in [9.17, 15) is 22.4 Å². The molecular formula is C19H19ClF4N4O. The van der Waals surface area contributed by atoms with Crippen molar-refractivity contribution in [2.24, 2.45) is 5.92 Å². The Balaban J connectivity index is 1.80. The maximum Gasteiger partial charge on any atom is 0.434 e. The average Bonchev–Trinajstić information content (AvgIpc) is 2.70. The van der Waals surface area contributed by atoms with Crippen molar-refractivity contribution in [3.05, 3.63) is 46.5 Å². The van der Waals surface area contributed by atoms with E-state index in [1.807, 2.05) is 0 Å². The molecule has 1 amide bonds. The summed E-state index contributed by atoms with van der Waals surface area (Å²) in [5.41, 5.74) is -2.25. The Labute approximate surface area is 169 Å². The summed E-state index contributed by atoms with van der Waals surface area (Å²) in [6.07, 6.45) is 1.03. The van der Waals surface area contributed by atoms with Crippen LogP contribution in [0, 0.1) is 11.7 Å². The van der Waals surface area contributed by atoms with Gasteiger partial charge < -0.3 is 10.6 Å². The molecule has 2 N–H and O–H groups in total. The van der Waals surface area contributed by atoms with Crippen molar-refractivity contribution >= 4 is 29.1 Å². The molecule has 0 radical (unpaired) electrons. The molecule has 0 bridgehead atoms. The van der Waals surface area contributed by atoms with E-state index in [0.717, 1.165) is 38.3 Å². The molecule has 1 aromatic heterocycles. The standard InChI is InChI=1S/C19H19ClF4N4O/c20-13-7-4-8-14(15(13)21)27-18-26-10-12(16(28-18)19(22,23)24)17(29)25-9-11-5-2-1-3-6-11/h4,7-8,10-11H,1-3,5-6,9H2,(H,25,29)(H,26,27,28). The van der Waals surface area contributed by atoms with Gasteiger partial charge in [-0.15, -0.1) is 0 Å². The number of alkyl halides is 3. The lowest BCUT2D eigenvalue weighted by Crippen LogP contribution is -2.32. The minimum Gasteiger partial charge on any atom is -0.352 e. The number of amides is 1. The first kappa shape index (κ1) is 21.3. The van der Waals surface area contributed by atoms with E-state index >= 15 is 0 Å². The van der Waals surface area contributed by atoms with Gasteiger partial charge in [0.25, 0.3) is 5.91 Å². The van der Waals surface area contributed by atoms with E-state index in [2.05, 4.69) is 20.6 Å². The fraction of sp³-hybridized carbons (Fsp3) is 0.421. The number of nitrogens with one attached hydrogen (secondary N) is 2. The Kier molecular flexibility index (Phi) is 6.56. The van der Waals surface area contributed by atoms with Crippen LogP contribution in [0.2, 0.25) is 5.02 Å². The largest absolute Gasteiger partial charge is 0.434 e. The number of carbonyl (C=O) groups excluding carboxylic acids is 1. The first-order valence-electron chi connectivity index (χ1n) is 9.19. The van der Waals surface area contributed by atoms with Gasteiger partial charge in [-0.1, -0.05) is 36.9 Å². The molecule has 1 aliphatic carbocycles. The van der Waals surface area contributed by atoms with Crippen LogP contribution in [0.4, 0.5) is 29.2 Å². The summed E-state index contributed by atoms with van der Waals surface area (Å²) in [5.74, 6) is -1.97. The zero-order valence-corrected chi connectivity index (χ0v) is 16.1. The zero-order valence-electron chi connectivity index (χ0n) is 15.3. The second-order valence-corrected chi connectivity index (χ2v) is 7.30. The van der Waals surface area contributed by atoms with Crippen LogP contribution < -0.4 is 10.6 Å². The highest BCUT2D eigenvalue weighted by atomic mass is 35.5. The zero-order chi connectivity index (χ0) is 21.0. The van der Waals surface area contributed by atoms with E-state index in [1.54, 1.807) is 0 Å². The van der Waals surface area contributed by atoms with E-state index < -0.39 is 35.1 Å². The maximum atomic E-state index is 14.0. The number of rotatable bonds is 5. The maximum absolute atomic E-state index is 14.0. The molecule has 1 aliphatic rings. The highest BCUT2D eigenvalue weighted by Crippen LogP contribution is 2.32. The molecule has 1 fully saturated rings. The third-order valence-electron chi connectivity index (χ3n) is 4.78. The van der Waals surface area contributed by atoms with Gasteiger partial charge in [-0.25, -0.2) is 14.4 Å². The lowest BCUT2D eigenvalue weighted by Gasteiger charge is -2.22. The Hall–Kier alpha value is -2.42. The van der Waals surface area contributed by atoms with Crippen LogP contribution >= 0.6 is 11.6 Å². The van der Waals surface area contributed by atoms with Gasteiger partial charge in [-0.2, -0.15) is 13.2 Å². The SMILES string of the molecule is O=C(NCC1CCCCC1)c1cnc(Nc2cccc(Cl)c2F)nc1C(F)(F)F. The topological polar surface area (TPSA) is 66.9 Å². The lowest BCUT2D eigenvalue weighted by molar-refractivity contribution is -0.141. The second-order valence-electron chi connectivity index (χ2n) is 6.89. The molecular weight excluding hydrogens is 412 g/mol. The average molecular weight is 431 g/mol. The summed E-state index contributed by atoms with van der Waals surface area (Å²) in [7, 11) is 0. The Morgan fingerprint density at radius 3 is 2.62 bits per heavy atom. The van der Waals surface area contributed by atoms with Gasteiger partial charge in [0.05, 0.1) is 16.3 Å². The number of nitrogens with zero attached hydrogens (tertiary/aromatic N) is 2. The smallest absolute Gasteiger partial charge is 0.352 e. The minimum absolute atomic E-state index is 0.180. The van der Waals surface area contributed by atoms with Crippen molar-refractivity contribution in [2.45, 2.75) is 38.3 Å². The summed E-state index contributed by atoms with van der Waals surface area (Å²) < 4.78 is 54.4. The Morgan fingerprint density at radius 1 is 1.21 bits per heavy atom. The van der Waals surface area contributed by atoms with E-state index in [1.165, 1.54) is 18.2 Å². The molecule has 156 valence electrons. The predicted octanol–water partition coefficient (Wildman–Crippen LogP) is 5.34. The van der Waals surface area contributed by atoms with E-state index in [0.29, 0.717) is 6.54 Å². The van der Waals surface area contributed by atoms with Crippen molar-refractivity contribution in [1.82, 2.24) is 15.3 Å². The normalized spacial score (nSPS) is 15.2. The first-order valence-corrected chi connectivity index (χ1v) is 9.57. The fourth-order valence-electron chi connectivity index (χ4n) is 3.27. The molecule has 0 aliphatic heterocycles. The van der Waals surface area contributed by atoms with Crippen molar-refractivity contribution in [1.29, 1.82) is 0 Å². The van der Waals surface area contributed by atoms with Crippen LogP contribution in [0.1, 0.15) is 48.2 Å². The molecule has 1 aromatic carbocycles. The van der Waals surface area contributed by atoms with Crippen LogP contribution in [0.3, 0.4) is 0 Å². The van der Waals surface area contributed by atoms with Gasteiger partial charge in [0.1, 0.15) is 0 Å². The van der Waals surface area contributed by atoms with Gasteiger partial charge in [-0.3, -0.25) is 4.79 Å². The van der Waals surface area contributed by atoms with Crippen LogP contribution in [-0.2, 0) is 6.18 Å². The van der Waals surface area contributed by atoms with Crippen LogP contribution in [0.5, 0.6) is 0 Å². The predicted molar refractivity (Wildman–Crippen MR) is 101 cm³/mol. The molecule has 0 saturated heterocycles. The molecule has 0 unspecified atom stereocenters. The van der Waals surface area contributed by atoms with Crippen LogP contribution in [0.25, 0.3) is 0 Å². The summed E-state index contributed by atoms with van der Waals surface area (Å²) in [6, 6.07) is 4.00. The summed E-state index contributed by atoms with van der Waals surface area (Å²) in [4.78, 5) is 19.5. The number of benzene rings is 1. The highest BCUT2D eigenvalue weighted by Gasteiger charge is 2.38. The van der Waals surface area contributed by atoms with Gasteiger partial charge >= 0.3 is 6.18 Å². The van der Waals surface area contributed by atoms with Crippen molar-refractivity contribution in [3.63, 3.8) is 0 Å². The number of hydrogen-bond donors (Lipinski definition) is 2. The third-order valence-corrected chi connectivity index (χ3v) is 5.07. The first-order chi connectivity index (χ1) is 13.8. The third kappa shape index (κ3) is 5.35. The van der Waals surface area contributed by atoms with Gasteiger partial charge in [0, 0.05) is 12.7 Å². The van der Waals surface area contributed by atoms with Crippen molar-refractivity contribution < 1.29 is 22.4 Å². The summed E-state index contributed by atoms with van der Waals surface area (Å²) in [6.45, 7) is 0.309. The molecule has 10 heteroatoms. The fourth-order valence-corrected chi connectivity index (χ4v) is 3.44. The molecule has 5 nitrogen and oxygen atoms in total. The van der Waals surface area contributed by atoms with Gasteiger partial charge in [0.2, 0.25) is 5.95 Å². The van der Waals surface area contributed by atoms with E-state index in [4.69, 9.17) is 11.6 Å². The molecule has 3 rings (SSSR count). The van der Waals surface area contributed by atoms with Crippen molar-refractivity contribution in [2.75, 3.05) is 11.9 Å². The molecule has 29 heavy (non-hydrogen) atoms. The molecule has 1 saturated carbocycles. The van der Waals surface area contributed by atoms with Crippen LogP contribution in [0.15, 0.2) is 24.4 Å². The van der Waals surface area contributed by atoms with E-state index in [-0.39, 0.29) is 16.6 Å². The molecule has 2 aromatic rings. The number of halogens is 5. The minimum atomic E-state index is -4.89. The summed E-state index contributed by atoms with van der Waals surface area (Å²) >= 11 is 5.66. The highest BCUT2D eigenvalue weighted by molar-refractivity contribution is 6.31. The molecule has 0 atom stereocenters. The lowest BCUT2D eigenvalue weighted by atomic mass is 9.89. The Morgan fingerprint density at radius 2 is 1.93 bits per heavy atom. The molecule has 0 spiro atoms. The second kappa shape index (κ2) is 8.94. The monoisotopic (exact) mass is 430 g/mol. The number of hydrogen-bond acceptors (Lipinski definition) is 4. The Bertz CT molecular complexity index is 885. The number of anilines is 2. The molecule has 1 heterocycles.